The number of methoxy groups -OCH3 is 1. The van der Waals surface area contributed by atoms with Gasteiger partial charge in [-0.05, 0) is 50.1 Å². The molecule has 3 aromatic rings. The second kappa shape index (κ2) is 9.62. The average Bonchev–Trinajstić information content (AvgIpc) is 3.12. The molecule has 2 amide bonds. The molecule has 1 heterocycles. The summed E-state index contributed by atoms with van der Waals surface area (Å²) >= 11 is 1.35. The fourth-order valence-electron chi connectivity index (χ4n) is 3.18. The topological polar surface area (TPSA) is 80.3 Å². The van der Waals surface area contributed by atoms with Crippen LogP contribution in [0.2, 0.25) is 0 Å². The molecule has 2 aromatic carbocycles. The van der Waals surface area contributed by atoms with Gasteiger partial charge in [0.15, 0.2) is 0 Å². The summed E-state index contributed by atoms with van der Waals surface area (Å²) in [5.74, 6) is -0.752. The number of hydrogen-bond donors (Lipinski definition) is 2. The van der Waals surface area contributed by atoms with E-state index in [-0.39, 0.29) is 23.4 Å². The quantitative estimate of drug-likeness (QED) is 0.446. The number of nitrogens with zero attached hydrogens (tertiary/aromatic N) is 1. The number of anilines is 1. The van der Waals surface area contributed by atoms with Crippen LogP contribution in [0.15, 0.2) is 42.5 Å². The molecule has 6 nitrogen and oxygen atoms in total. The maximum absolute atomic E-state index is 13.2. The summed E-state index contributed by atoms with van der Waals surface area (Å²) in [5.41, 5.74) is 1.14. The van der Waals surface area contributed by atoms with E-state index in [9.17, 15) is 22.8 Å². The highest BCUT2D eigenvalue weighted by molar-refractivity contribution is 7.19. The van der Waals surface area contributed by atoms with Gasteiger partial charge in [-0.3, -0.25) is 9.59 Å². The van der Waals surface area contributed by atoms with E-state index >= 15 is 0 Å². The molecule has 0 aliphatic rings. The summed E-state index contributed by atoms with van der Waals surface area (Å²) in [6, 6.07) is 8.20. The van der Waals surface area contributed by atoms with Gasteiger partial charge in [-0.15, -0.1) is 11.3 Å². The Kier molecular flexibility index (Phi) is 7.06. The van der Waals surface area contributed by atoms with E-state index < -0.39 is 30.0 Å². The van der Waals surface area contributed by atoms with Gasteiger partial charge in [-0.1, -0.05) is 12.6 Å². The molecule has 0 unspecified atom stereocenters. The normalized spacial score (nSPS) is 11.3. The Morgan fingerprint density at radius 2 is 1.88 bits per heavy atom. The van der Waals surface area contributed by atoms with Gasteiger partial charge in [0.1, 0.15) is 11.3 Å². The third-order valence-corrected chi connectivity index (χ3v) is 5.86. The minimum atomic E-state index is -4.51. The van der Waals surface area contributed by atoms with E-state index in [0.29, 0.717) is 16.0 Å². The number of benzene rings is 2. The highest BCUT2D eigenvalue weighted by Gasteiger charge is 2.31. The number of rotatable bonds is 7. The molecule has 0 saturated carbocycles. The first-order chi connectivity index (χ1) is 15.5. The highest BCUT2D eigenvalue weighted by atomic mass is 32.1. The molecule has 33 heavy (non-hydrogen) atoms. The van der Waals surface area contributed by atoms with E-state index in [1.165, 1.54) is 24.5 Å². The van der Waals surface area contributed by atoms with E-state index in [1.807, 2.05) is 6.92 Å². The van der Waals surface area contributed by atoms with Crippen LogP contribution in [0.25, 0.3) is 10.2 Å². The second-order valence-electron chi connectivity index (χ2n) is 7.33. The molecule has 0 aliphatic carbocycles. The van der Waals surface area contributed by atoms with Crippen LogP contribution >= 0.6 is 11.3 Å². The number of hydrogen-bond acceptors (Lipinski definition) is 5. The van der Waals surface area contributed by atoms with Gasteiger partial charge in [0.25, 0.3) is 11.8 Å². The zero-order chi connectivity index (χ0) is 24.3. The molecular formula is C23H22F3N3O3S. The number of halogens is 3. The van der Waals surface area contributed by atoms with Crippen LogP contribution in [0.4, 0.5) is 18.9 Å². The molecule has 0 fully saturated rings. The number of thiazole rings is 1. The fourth-order valence-corrected chi connectivity index (χ4v) is 4.13. The molecule has 1 aromatic heterocycles. The number of amides is 2. The zero-order valence-corrected chi connectivity index (χ0v) is 19.0. The molecule has 0 saturated heterocycles. The van der Waals surface area contributed by atoms with Crippen LogP contribution < -0.4 is 15.4 Å². The predicted molar refractivity (Wildman–Crippen MR) is 122 cm³/mol. The largest absolute Gasteiger partial charge is 0.496 e. The number of ether oxygens (including phenoxy) is 1. The van der Waals surface area contributed by atoms with Crippen LogP contribution in [0.5, 0.6) is 5.75 Å². The Labute approximate surface area is 192 Å². The van der Waals surface area contributed by atoms with Crippen molar-refractivity contribution in [2.75, 3.05) is 19.0 Å². The smallest absolute Gasteiger partial charge is 0.412 e. The number of nitrogens with one attached hydrogen (secondary N) is 2. The van der Waals surface area contributed by atoms with Crippen molar-refractivity contribution >= 4 is 39.1 Å². The lowest BCUT2D eigenvalue weighted by atomic mass is 10.1. The van der Waals surface area contributed by atoms with E-state index in [4.69, 9.17) is 4.74 Å². The Bertz CT molecular complexity index is 1230. The molecule has 2 N–H and O–H groups in total. The molecular weight excluding hydrogens is 455 g/mol. The fraction of sp³-hybridized carbons (Fsp3) is 0.261. The Morgan fingerprint density at radius 1 is 1.15 bits per heavy atom. The third kappa shape index (κ3) is 5.51. The van der Waals surface area contributed by atoms with Crippen molar-refractivity contribution in [3.8, 4) is 5.75 Å². The first-order valence-corrected chi connectivity index (χ1v) is 10.7. The molecule has 174 valence electrons. The van der Waals surface area contributed by atoms with E-state index in [2.05, 4.69) is 22.2 Å². The Hall–Kier alpha value is -3.40. The summed E-state index contributed by atoms with van der Waals surface area (Å²) in [6.45, 7) is 6.37. The zero-order valence-electron chi connectivity index (χ0n) is 18.2. The standard InChI is InChI=1S/C23H22F3N3O3S/c1-12-5-6-15(21(30)27-10-9-13(2)23(24,25)26)17(11-12)29-22(31)19-18(32-4)8-7-16-20(19)33-14(3)28-16/h5-8,11H,2,9-10H2,1,3-4H3,(H,27,30)(H,29,31). The summed E-state index contributed by atoms with van der Waals surface area (Å²) in [4.78, 5) is 30.3. The van der Waals surface area contributed by atoms with Gasteiger partial charge in [-0.25, -0.2) is 4.98 Å². The summed E-state index contributed by atoms with van der Waals surface area (Å²) in [7, 11) is 1.45. The van der Waals surface area contributed by atoms with Crippen LogP contribution in [-0.2, 0) is 0 Å². The van der Waals surface area contributed by atoms with Crippen LogP contribution in [0.3, 0.4) is 0 Å². The van der Waals surface area contributed by atoms with Crippen molar-refractivity contribution in [1.29, 1.82) is 0 Å². The number of fused-ring (bicyclic) bond motifs is 1. The Morgan fingerprint density at radius 3 is 2.55 bits per heavy atom. The highest BCUT2D eigenvalue weighted by Crippen LogP contribution is 2.33. The third-order valence-electron chi connectivity index (χ3n) is 4.85. The van der Waals surface area contributed by atoms with Crippen molar-refractivity contribution < 1.29 is 27.5 Å². The van der Waals surface area contributed by atoms with Crippen molar-refractivity contribution in [2.24, 2.45) is 0 Å². The summed E-state index contributed by atoms with van der Waals surface area (Å²) < 4.78 is 43.8. The van der Waals surface area contributed by atoms with Gasteiger partial charge in [0.2, 0.25) is 0 Å². The molecule has 0 aliphatic heterocycles. The van der Waals surface area contributed by atoms with Gasteiger partial charge in [0, 0.05) is 12.1 Å². The van der Waals surface area contributed by atoms with Gasteiger partial charge in [-0.2, -0.15) is 13.2 Å². The lowest BCUT2D eigenvalue weighted by molar-refractivity contribution is -0.0934. The molecule has 0 radical (unpaired) electrons. The minimum Gasteiger partial charge on any atom is -0.496 e. The van der Waals surface area contributed by atoms with E-state index in [1.54, 1.807) is 31.2 Å². The van der Waals surface area contributed by atoms with Crippen molar-refractivity contribution in [2.45, 2.75) is 26.4 Å². The van der Waals surface area contributed by atoms with Crippen LogP contribution in [0.1, 0.15) is 37.7 Å². The average molecular weight is 478 g/mol. The SMILES string of the molecule is C=C(CCNC(=O)c1ccc(C)cc1NC(=O)c1c(OC)ccc2nc(C)sc12)C(F)(F)F. The van der Waals surface area contributed by atoms with E-state index in [0.717, 1.165) is 10.6 Å². The summed E-state index contributed by atoms with van der Waals surface area (Å²) in [6.07, 6.45) is -4.95. The Balaban J connectivity index is 1.86. The number of aromatic nitrogens is 1. The van der Waals surface area contributed by atoms with Crippen LogP contribution in [-0.4, -0.2) is 36.6 Å². The number of carbonyl (C=O) groups is 2. The lowest BCUT2D eigenvalue weighted by Crippen LogP contribution is -2.27. The van der Waals surface area contributed by atoms with Crippen molar-refractivity contribution in [1.82, 2.24) is 10.3 Å². The number of aryl methyl sites for hydroxylation is 2. The van der Waals surface area contributed by atoms with Gasteiger partial charge in [0.05, 0.1) is 33.6 Å². The molecule has 3 rings (SSSR count). The molecule has 10 heteroatoms. The predicted octanol–water partition coefficient (Wildman–Crippen LogP) is 5.41. The van der Waals surface area contributed by atoms with Crippen molar-refractivity contribution in [3.05, 3.63) is 64.2 Å². The maximum atomic E-state index is 13.2. The monoisotopic (exact) mass is 477 g/mol. The second-order valence-corrected chi connectivity index (χ2v) is 8.54. The maximum Gasteiger partial charge on any atom is 0.412 e. The first kappa shape index (κ1) is 24.2. The lowest BCUT2D eigenvalue weighted by Gasteiger charge is -2.15. The van der Waals surface area contributed by atoms with Crippen molar-refractivity contribution in [3.63, 3.8) is 0 Å². The van der Waals surface area contributed by atoms with Gasteiger partial charge >= 0.3 is 6.18 Å². The number of carbonyl (C=O) groups excluding carboxylic acids is 2. The first-order valence-electron chi connectivity index (χ1n) is 9.90. The molecule has 0 atom stereocenters. The summed E-state index contributed by atoms with van der Waals surface area (Å²) in [5, 5.41) is 5.98. The molecule has 0 spiro atoms. The molecule has 0 bridgehead atoms. The number of alkyl halides is 3. The van der Waals surface area contributed by atoms with Gasteiger partial charge < -0.3 is 15.4 Å². The minimum absolute atomic E-state index is 0.123. The van der Waals surface area contributed by atoms with Crippen LogP contribution in [0, 0.1) is 13.8 Å².